The van der Waals surface area contributed by atoms with E-state index in [-0.39, 0.29) is 0 Å². The fraction of sp³-hybridized carbons (Fsp3) is 1.00. The zero-order valence-corrected chi connectivity index (χ0v) is 6.38. The first-order valence-corrected chi connectivity index (χ1v) is 3.57. The molecule has 1 aliphatic heterocycles. The van der Waals surface area contributed by atoms with Crippen molar-refractivity contribution < 1.29 is 29.7 Å². The van der Waals surface area contributed by atoms with Gasteiger partial charge in [0.15, 0.2) is 5.79 Å². The third-order valence-electron chi connectivity index (χ3n) is 1.78. The molecule has 6 nitrogen and oxygen atoms in total. The molecule has 0 amide bonds. The Hall–Kier alpha value is -0.175. The molecule has 0 bridgehead atoms. The molecule has 0 aliphatic carbocycles. The number of rotatable bonds is 4. The maximum atomic E-state index is 9.15. The van der Waals surface area contributed by atoms with Crippen LogP contribution in [0, 0.1) is 0 Å². The van der Waals surface area contributed by atoms with Gasteiger partial charge in [0.2, 0.25) is 0 Å². The smallest absolute Gasteiger partial charge is 0.402 e. The number of aliphatic hydroxyl groups is 2. The molecular formula is C5H11BO6. The lowest BCUT2D eigenvalue weighted by Crippen LogP contribution is -2.59. The summed E-state index contributed by atoms with van der Waals surface area (Å²) >= 11 is 0. The molecule has 1 saturated heterocycles. The number of hydrogen-bond donors (Lipinski definition) is 4. The van der Waals surface area contributed by atoms with Crippen molar-refractivity contribution in [2.24, 2.45) is 0 Å². The quantitative estimate of drug-likeness (QED) is 0.353. The zero-order valence-electron chi connectivity index (χ0n) is 6.38. The maximum absolute atomic E-state index is 9.15. The average Bonchev–Trinajstić information content (AvgIpc) is 1.95. The highest BCUT2D eigenvalue weighted by molar-refractivity contribution is 6.32. The fourth-order valence-electron chi connectivity index (χ4n) is 1.06. The van der Waals surface area contributed by atoms with E-state index >= 15 is 0 Å². The Balaban J connectivity index is 2.50. The van der Waals surface area contributed by atoms with Crippen molar-refractivity contribution in [3.05, 3.63) is 0 Å². The van der Waals surface area contributed by atoms with Gasteiger partial charge in [-0.3, -0.25) is 0 Å². The second-order valence-electron chi connectivity index (χ2n) is 2.55. The number of aliphatic hydroxyl groups excluding tert-OH is 2. The van der Waals surface area contributed by atoms with E-state index in [0.29, 0.717) is 13.0 Å². The molecule has 1 heterocycles. The second-order valence-corrected chi connectivity index (χ2v) is 2.55. The minimum atomic E-state index is -2.01. The summed E-state index contributed by atoms with van der Waals surface area (Å²) < 4.78 is 9.33. The van der Waals surface area contributed by atoms with Gasteiger partial charge in [0.05, 0.1) is 13.2 Å². The molecule has 0 radical (unpaired) electrons. The van der Waals surface area contributed by atoms with E-state index in [2.05, 4.69) is 4.65 Å². The van der Waals surface area contributed by atoms with Crippen LogP contribution in [0.5, 0.6) is 0 Å². The summed E-state index contributed by atoms with van der Waals surface area (Å²) in [6, 6.07) is 0. The van der Waals surface area contributed by atoms with E-state index in [1.54, 1.807) is 0 Å². The first-order valence-electron chi connectivity index (χ1n) is 3.57. The van der Waals surface area contributed by atoms with Crippen LogP contribution in [0.2, 0.25) is 0 Å². The van der Waals surface area contributed by atoms with Crippen molar-refractivity contribution in [3.8, 4) is 0 Å². The van der Waals surface area contributed by atoms with Crippen LogP contribution in [-0.2, 0) is 9.39 Å². The lowest BCUT2D eigenvalue weighted by Gasteiger charge is -2.44. The molecule has 12 heavy (non-hydrogen) atoms. The van der Waals surface area contributed by atoms with Gasteiger partial charge in [-0.25, -0.2) is 0 Å². The lowest BCUT2D eigenvalue weighted by atomic mass is 10.00. The lowest BCUT2D eigenvalue weighted by molar-refractivity contribution is -0.322. The molecular weight excluding hydrogens is 167 g/mol. The Morgan fingerprint density at radius 1 is 1.58 bits per heavy atom. The van der Waals surface area contributed by atoms with Crippen molar-refractivity contribution in [1.82, 2.24) is 0 Å². The van der Waals surface area contributed by atoms with Gasteiger partial charge in [0.25, 0.3) is 0 Å². The summed E-state index contributed by atoms with van der Waals surface area (Å²) in [4.78, 5) is 0. The largest absolute Gasteiger partial charge is 0.636 e. The molecule has 0 aromatic heterocycles. The van der Waals surface area contributed by atoms with Gasteiger partial charge in [0, 0.05) is 6.42 Å². The van der Waals surface area contributed by atoms with E-state index in [0.717, 1.165) is 0 Å². The van der Waals surface area contributed by atoms with Crippen LogP contribution in [0.4, 0.5) is 0 Å². The van der Waals surface area contributed by atoms with Crippen molar-refractivity contribution >= 4 is 7.32 Å². The van der Waals surface area contributed by atoms with Crippen LogP contribution in [-0.4, -0.2) is 52.7 Å². The summed E-state index contributed by atoms with van der Waals surface area (Å²) in [6.45, 7) is -0.184. The summed E-state index contributed by atoms with van der Waals surface area (Å²) in [5.41, 5.74) is 0. The molecule has 1 rings (SSSR count). The van der Waals surface area contributed by atoms with Crippen molar-refractivity contribution in [1.29, 1.82) is 0 Å². The van der Waals surface area contributed by atoms with E-state index in [4.69, 9.17) is 25.0 Å². The molecule has 0 aromatic carbocycles. The standard InChI is InChI=1S/C5H11BO6/c7-3-4(8)5(1-2-11-5)12-6(9)10/h4,7-10H,1-3H2. The molecule has 2 unspecified atom stereocenters. The normalized spacial score (nSPS) is 31.0. The predicted molar refractivity (Wildman–Crippen MR) is 37.7 cm³/mol. The predicted octanol–water partition coefficient (Wildman–Crippen LogP) is -2.56. The minimum Gasteiger partial charge on any atom is -0.402 e. The molecule has 1 fully saturated rings. The van der Waals surface area contributed by atoms with Crippen molar-refractivity contribution in [2.75, 3.05) is 13.2 Å². The summed E-state index contributed by atoms with van der Waals surface area (Å²) in [7, 11) is -2.01. The Morgan fingerprint density at radius 3 is 2.42 bits per heavy atom. The monoisotopic (exact) mass is 178 g/mol. The summed E-state index contributed by atoms with van der Waals surface area (Å²) in [5, 5.41) is 34.6. The van der Waals surface area contributed by atoms with Crippen LogP contribution >= 0.6 is 0 Å². The van der Waals surface area contributed by atoms with E-state index < -0.39 is 25.8 Å². The Morgan fingerprint density at radius 2 is 2.17 bits per heavy atom. The fourth-order valence-corrected chi connectivity index (χ4v) is 1.06. The van der Waals surface area contributed by atoms with Gasteiger partial charge in [-0.05, 0) is 0 Å². The average molecular weight is 178 g/mol. The molecule has 4 N–H and O–H groups in total. The first-order chi connectivity index (χ1) is 5.60. The van der Waals surface area contributed by atoms with Crippen molar-refractivity contribution in [2.45, 2.75) is 18.3 Å². The Bertz CT molecular complexity index is 147. The molecule has 2 atom stereocenters. The molecule has 70 valence electrons. The second kappa shape index (κ2) is 3.69. The zero-order chi connectivity index (χ0) is 9.19. The van der Waals surface area contributed by atoms with Gasteiger partial charge >= 0.3 is 7.32 Å². The SMILES string of the molecule is OCC(O)C1(OB(O)O)CCO1. The Labute approximate surface area is 69.5 Å². The van der Waals surface area contributed by atoms with Crippen molar-refractivity contribution in [3.63, 3.8) is 0 Å². The van der Waals surface area contributed by atoms with Crippen LogP contribution in [0.3, 0.4) is 0 Å². The van der Waals surface area contributed by atoms with E-state index in [1.807, 2.05) is 0 Å². The molecule has 7 heteroatoms. The van der Waals surface area contributed by atoms with Crippen LogP contribution < -0.4 is 0 Å². The van der Waals surface area contributed by atoms with Gasteiger partial charge in [-0.2, -0.15) is 0 Å². The van der Waals surface area contributed by atoms with E-state index in [1.165, 1.54) is 0 Å². The van der Waals surface area contributed by atoms with E-state index in [9.17, 15) is 0 Å². The third-order valence-corrected chi connectivity index (χ3v) is 1.78. The molecule has 0 aromatic rings. The minimum absolute atomic E-state index is 0.326. The Kier molecular flexibility index (Phi) is 3.05. The third kappa shape index (κ3) is 1.76. The molecule has 1 aliphatic rings. The van der Waals surface area contributed by atoms with Gasteiger partial charge in [0.1, 0.15) is 6.10 Å². The number of ether oxygens (including phenoxy) is 1. The molecule has 0 spiro atoms. The number of hydrogen-bond acceptors (Lipinski definition) is 6. The highest BCUT2D eigenvalue weighted by Crippen LogP contribution is 2.31. The van der Waals surface area contributed by atoms with Crippen LogP contribution in [0.15, 0.2) is 0 Å². The molecule has 0 saturated carbocycles. The van der Waals surface area contributed by atoms with Crippen LogP contribution in [0.25, 0.3) is 0 Å². The topological polar surface area (TPSA) is 99.4 Å². The van der Waals surface area contributed by atoms with Crippen LogP contribution in [0.1, 0.15) is 6.42 Å². The first kappa shape index (κ1) is 9.91. The summed E-state index contributed by atoms with van der Waals surface area (Å²) in [5.74, 6) is -1.44. The highest BCUT2D eigenvalue weighted by atomic mass is 16.8. The van der Waals surface area contributed by atoms with Gasteiger partial charge in [-0.15, -0.1) is 0 Å². The summed E-state index contributed by atoms with van der Waals surface area (Å²) in [6.07, 6.45) is -0.931. The highest BCUT2D eigenvalue weighted by Gasteiger charge is 2.48. The maximum Gasteiger partial charge on any atom is 0.636 e. The van der Waals surface area contributed by atoms with Gasteiger partial charge in [-0.1, -0.05) is 0 Å². The van der Waals surface area contributed by atoms with Gasteiger partial charge < -0.3 is 29.7 Å².